The molecule has 6 nitrogen and oxygen atoms in total. The van der Waals surface area contributed by atoms with Crippen molar-refractivity contribution >= 4 is 23.4 Å². The predicted molar refractivity (Wildman–Crippen MR) is 126 cm³/mol. The molecule has 0 fully saturated rings. The number of carbonyl (C=O) groups is 1. The van der Waals surface area contributed by atoms with Gasteiger partial charge in [-0.2, -0.15) is 0 Å². The highest BCUT2D eigenvalue weighted by Gasteiger charge is 2.14. The number of carbonyl (C=O) groups excluding carboxylic acids is 1. The van der Waals surface area contributed by atoms with E-state index in [2.05, 4.69) is 35.9 Å². The quantitative estimate of drug-likeness (QED) is 0.349. The highest BCUT2D eigenvalue weighted by atomic mass is 32.2. The van der Waals surface area contributed by atoms with Crippen molar-refractivity contribution in [3.05, 3.63) is 78.1 Å². The summed E-state index contributed by atoms with van der Waals surface area (Å²) in [5, 5.41) is 12.1. The lowest BCUT2D eigenvalue weighted by Gasteiger charge is -2.10. The van der Waals surface area contributed by atoms with Gasteiger partial charge in [0.25, 0.3) is 0 Å². The number of benzene rings is 2. The van der Waals surface area contributed by atoms with E-state index in [0.717, 1.165) is 11.4 Å². The third kappa shape index (κ3) is 6.46. The largest absolute Gasteiger partial charge is 0.486 e. The number of aryl methyl sites for hydroxylation is 1. The van der Waals surface area contributed by atoms with Gasteiger partial charge in [0.15, 0.2) is 11.0 Å². The molecule has 0 atom stereocenters. The van der Waals surface area contributed by atoms with Crippen LogP contribution in [0, 0.1) is 6.92 Å². The lowest BCUT2D eigenvalue weighted by Crippen LogP contribution is -2.15. The van der Waals surface area contributed by atoms with Gasteiger partial charge in [-0.1, -0.05) is 61.5 Å². The number of hydrogen-bond donors (Lipinski definition) is 1. The number of allylic oxidation sites excluding steroid dienone is 1. The molecule has 31 heavy (non-hydrogen) atoms. The fourth-order valence-corrected chi connectivity index (χ4v) is 3.67. The summed E-state index contributed by atoms with van der Waals surface area (Å²) in [5.74, 6) is 2.07. The molecule has 0 radical (unpaired) electrons. The minimum atomic E-state index is -0.0899. The van der Waals surface area contributed by atoms with Gasteiger partial charge in [0.05, 0.1) is 5.75 Å². The molecule has 162 valence electrons. The van der Waals surface area contributed by atoms with Gasteiger partial charge < -0.3 is 10.1 Å². The molecule has 0 aliphatic rings. The third-order valence-electron chi connectivity index (χ3n) is 4.69. The summed E-state index contributed by atoms with van der Waals surface area (Å²) in [4.78, 5) is 12.4. The molecule has 0 saturated carbocycles. The summed E-state index contributed by atoms with van der Waals surface area (Å²) in [6.07, 6.45) is 1.78. The van der Waals surface area contributed by atoms with E-state index >= 15 is 0 Å². The smallest absolute Gasteiger partial charge is 0.234 e. The Labute approximate surface area is 187 Å². The molecule has 0 bridgehead atoms. The molecule has 0 saturated heterocycles. The first-order chi connectivity index (χ1) is 15.0. The maximum absolute atomic E-state index is 12.4. The van der Waals surface area contributed by atoms with Crippen molar-refractivity contribution in [1.29, 1.82) is 0 Å². The number of rotatable bonds is 10. The molecular formula is C24H28N4O2S. The fraction of sp³-hybridized carbons (Fsp3) is 0.292. The molecule has 1 amide bonds. The fourth-order valence-electron chi connectivity index (χ4n) is 2.91. The third-order valence-corrected chi connectivity index (χ3v) is 5.65. The zero-order valence-electron chi connectivity index (χ0n) is 18.2. The molecule has 2 aromatic carbocycles. The molecule has 0 aliphatic heterocycles. The first-order valence-electron chi connectivity index (χ1n) is 10.2. The summed E-state index contributed by atoms with van der Waals surface area (Å²) < 4.78 is 7.75. The van der Waals surface area contributed by atoms with Crippen LogP contribution in [0.5, 0.6) is 5.75 Å². The maximum Gasteiger partial charge on any atom is 0.234 e. The Bertz CT molecular complexity index is 1010. The van der Waals surface area contributed by atoms with Gasteiger partial charge in [-0.15, -0.1) is 16.8 Å². The average Bonchev–Trinajstić information content (AvgIpc) is 3.14. The molecular weight excluding hydrogens is 408 g/mol. The van der Waals surface area contributed by atoms with Crippen LogP contribution in [-0.4, -0.2) is 26.4 Å². The first kappa shape index (κ1) is 22.6. The topological polar surface area (TPSA) is 69.0 Å². The zero-order valence-corrected chi connectivity index (χ0v) is 19.0. The van der Waals surface area contributed by atoms with Crippen molar-refractivity contribution in [1.82, 2.24) is 14.8 Å². The van der Waals surface area contributed by atoms with Crippen LogP contribution in [0.25, 0.3) is 0 Å². The van der Waals surface area contributed by atoms with E-state index in [1.54, 1.807) is 6.08 Å². The van der Waals surface area contributed by atoms with Gasteiger partial charge in [0, 0.05) is 12.2 Å². The summed E-state index contributed by atoms with van der Waals surface area (Å²) in [6, 6.07) is 15.8. The SMILES string of the molecule is C=CCn1c(COc2ccc(C)cc2)nnc1SCC(=O)Nc1ccc(C(C)C)cc1. The molecule has 1 aromatic heterocycles. The molecule has 0 aliphatic carbocycles. The first-order valence-corrected chi connectivity index (χ1v) is 11.2. The average molecular weight is 437 g/mol. The summed E-state index contributed by atoms with van der Waals surface area (Å²) in [5.41, 5.74) is 3.20. The van der Waals surface area contributed by atoms with E-state index in [-0.39, 0.29) is 11.7 Å². The van der Waals surface area contributed by atoms with E-state index in [1.807, 2.05) is 60.0 Å². The normalized spacial score (nSPS) is 10.8. The van der Waals surface area contributed by atoms with Gasteiger partial charge >= 0.3 is 0 Å². The van der Waals surface area contributed by atoms with E-state index in [0.29, 0.717) is 30.1 Å². The van der Waals surface area contributed by atoms with Gasteiger partial charge in [-0.05, 0) is 42.7 Å². The van der Waals surface area contributed by atoms with Crippen LogP contribution in [-0.2, 0) is 17.9 Å². The highest BCUT2D eigenvalue weighted by molar-refractivity contribution is 7.99. The van der Waals surface area contributed by atoms with Crippen LogP contribution in [0.15, 0.2) is 66.3 Å². The van der Waals surface area contributed by atoms with Crippen LogP contribution in [0.2, 0.25) is 0 Å². The van der Waals surface area contributed by atoms with E-state index in [4.69, 9.17) is 4.74 Å². The Hall–Kier alpha value is -3.06. The molecule has 0 unspecified atom stereocenters. The van der Waals surface area contributed by atoms with Crippen LogP contribution in [0.3, 0.4) is 0 Å². The van der Waals surface area contributed by atoms with Crippen molar-refractivity contribution in [2.45, 2.75) is 45.0 Å². The van der Waals surface area contributed by atoms with Crippen molar-refractivity contribution in [2.75, 3.05) is 11.1 Å². The Balaban J connectivity index is 1.58. The van der Waals surface area contributed by atoms with Gasteiger partial charge in [0.2, 0.25) is 5.91 Å². The number of aromatic nitrogens is 3. The predicted octanol–water partition coefficient (Wildman–Crippen LogP) is 5.21. The number of nitrogens with one attached hydrogen (secondary N) is 1. The van der Waals surface area contributed by atoms with Crippen molar-refractivity contribution < 1.29 is 9.53 Å². The monoisotopic (exact) mass is 436 g/mol. The minimum Gasteiger partial charge on any atom is -0.486 e. The molecule has 3 rings (SSSR count). The zero-order chi connectivity index (χ0) is 22.2. The van der Waals surface area contributed by atoms with Gasteiger partial charge in [-0.25, -0.2) is 0 Å². The van der Waals surface area contributed by atoms with Crippen molar-refractivity contribution in [3.63, 3.8) is 0 Å². The lowest BCUT2D eigenvalue weighted by molar-refractivity contribution is -0.113. The van der Waals surface area contributed by atoms with E-state index in [1.165, 1.54) is 22.9 Å². The number of nitrogens with zero attached hydrogens (tertiary/aromatic N) is 3. The van der Waals surface area contributed by atoms with Crippen LogP contribution in [0.4, 0.5) is 5.69 Å². The second-order valence-corrected chi connectivity index (χ2v) is 8.46. The second kappa shape index (κ2) is 10.8. The number of ether oxygens (including phenoxy) is 1. The van der Waals surface area contributed by atoms with Crippen LogP contribution in [0.1, 0.15) is 36.7 Å². The standard InChI is InChI=1S/C24H28N4O2S/c1-5-14-28-22(15-30-21-12-6-18(4)7-13-21)26-27-24(28)31-16-23(29)25-20-10-8-19(9-11-20)17(2)3/h5-13,17H,1,14-16H2,2-4H3,(H,25,29). The Morgan fingerprint density at radius 3 is 2.52 bits per heavy atom. The van der Waals surface area contributed by atoms with Crippen molar-refractivity contribution in [2.24, 2.45) is 0 Å². The maximum atomic E-state index is 12.4. The number of thioether (sulfide) groups is 1. The summed E-state index contributed by atoms with van der Waals surface area (Å²) in [6.45, 7) is 11.0. The minimum absolute atomic E-state index is 0.0899. The van der Waals surface area contributed by atoms with Crippen molar-refractivity contribution in [3.8, 4) is 5.75 Å². The lowest BCUT2D eigenvalue weighted by atomic mass is 10.0. The Kier molecular flexibility index (Phi) is 7.89. The Morgan fingerprint density at radius 1 is 1.16 bits per heavy atom. The summed E-state index contributed by atoms with van der Waals surface area (Å²) in [7, 11) is 0. The highest BCUT2D eigenvalue weighted by Crippen LogP contribution is 2.21. The van der Waals surface area contributed by atoms with E-state index in [9.17, 15) is 4.79 Å². The van der Waals surface area contributed by atoms with Gasteiger partial charge in [-0.3, -0.25) is 9.36 Å². The number of hydrogen-bond acceptors (Lipinski definition) is 5. The Morgan fingerprint density at radius 2 is 1.87 bits per heavy atom. The molecule has 3 aromatic rings. The second-order valence-electron chi connectivity index (χ2n) is 7.51. The molecule has 7 heteroatoms. The molecule has 0 spiro atoms. The number of amides is 1. The number of anilines is 1. The van der Waals surface area contributed by atoms with Crippen LogP contribution < -0.4 is 10.1 Å². The van der Waals surface area contributed by atoms with E-state index < -0.39 is 0 Å². The van der Waals surface area contributed by atoms with Gasteiger partial charge in [0.1, 0.15) is 12.4 Å². The van der Waals surface area contributed by atoms with Crippen LogP contribution >= 0.6 is 11.8 Å². The summed E-state index contributed by atoms with van der Waals surface area (Å²) >= 11 is 1.34. The molecule has 1 N–H and O–H groups in total. The molecule has 1 heterocycles.